The molecule has 1 fully saturated rings. The summed E-state index contributed by atoms with van der Waals surface area (Å²) in [7, 11) is 0. The number of amides is 2. The first kappa shape index (κ1) is 16.2. The fourth-order valence-corrected chi connectivity index (χ4v) is 3.32. The molecule has 1 aliphatic rings. The second kappa shape index (κ2) is 6.48. The number of carbonyl (C=O) groups is 2. The first-order chi connectivity index (χ1) is 11.5. The summed E-state index contributed by atoms with van der Waals surface area (Å²) in [4.78, 5) is 26.6. The topological polar surface area (TPSA) is 57.6 Å². The van der Waals surface area contributed by atoms with Crippen LogP contribution in [-0.4, -0.2) is 16.9 Å². The molecule has 3 atom stereocenters. The highest BCUT2D eigenvalue weighted by molar-refractivity contribution is 6.21. The normalized spacial score (nSPS) is 22.0. The lowest BCUT2D eigenvalue weighted by Crippen LogP contribution is -2.30. The van der Waals surface area contributed by atoms with E-state index in [-0.39, 0.29) is 35.3 Å². The molecule has 3 rings (SSSR count). The first-order valence-electron chi connectivity index (χ1n) is 8.21. The molecular formula is C20H21NO3. The Labute approximate surface area is 141 Å². The van der Waals surface area contributed by atoms with Gasteiger partial charge in [0.05, 0.1) is 11.6 Å². The van der Waals surface area contributed by atoms with Gasteiger partial charge in [0, 0.05) is 5.92 Å². The maximum absolute atomic E-state index is 12.8. The summed E-state index contributed by atoms with van der Waals surface area (Å²) in [6, 6.07) is 16.2. The maximum Gasteiger partial charge on any atom is 0.237 e. The van der Waals surface area contributed by atoms with Crippen LogP contribution in [0, 0.1) is 11.8 Å². The van der Waals surface area contributed by atoms with E-state index in [1.165, 1.54) is 22.6 Å². The minimum atomic E-state index is -0.336. The molecule has 0 radical (unpaired) electrons. The van der Waals surface area contributed by atoms with Crippen LogP contribution in [0.25, 0.3) is 0 Å². The van der Waals surface area contributed by atoms with Gasteiger partial charge in [-0.3, -0.25) is 14.5 Å². The van der Waals surface area contributed by atoms with Crippen LogP contribution >= 0.6 is 0 Å². The lowest BCUT2D eigenvalue weighted by atomic mass is 9.85. The van der Waals surface area contributed by atoms with Crippen LogP contribution < -0.4 is 4.90 Å². The number of phenols is 1. The van der Waals surface area contributed by atoms with Crippen molar-refractivity contribution in [3.8, 4) is 5.75 Å². The van der Waals surface area contributed by atoms with Gasteiger partial charge in [-0.2, -0.15) is 0 Å². The quantitative estimate of drug-likeness (QED) is 0.873. The molecule has 2 aromatic carbocycles. The van der Waals surface area contributed by atoms with Gasteiger partial charge < -0.3 is 5.11 Å². The number of carbonyl (C=O) groups excluding carboxylic acids is 2. The molecule has 1 N–H and O–H groups in total. The van der Waals surface area contributed by atoms with E-state index in [1.807, 2.05) is 37.3 Å². The predicted octanol–water partition coefficient (Wildman–Crippen LogP) is 3.71. The number of aromatic hydroxyl groups is 1. The second-order valence-corrected chi connectivity index (χ2v) is 6.47. The average molecular weight is 323 g/mol. The summed E-state index contributed by atoms with van der Waals surface area (Å²) >= 11 is 0. The molecule has 3 unspecified atom stereocenters. The molecule has 2 aromatic rings. The maximum atomic E-state index is 12.8. The SMILES string of the molecule is CC(CC1C(=O)N(c2ccc(O)cc2)C(=O)C1C)c1ccccc1. The molecule has 1 saturated heterocycles. The number of imide groups is 1. The number of nitrogens with zero attached hydrogens (tertiary/aromatic N) is 1. The lowest BCUT2D eigenvalue weighted by molar-refractivity contribution is -0.122. The third kappa shape index (κ3) is 2.92. The summed E-state index contributed by atoms with van der Waals surface area (Å²) in [5, 5.41) is 9.39. The van der Waals surface area contributed by atoms with Crippen molar-refractivity contribution in [3.63, 3.8) is 0 Å². The Morgan fingerprint density at radius 2 is 1.62 bits per heavy atom. The first-order valence-corrected chi connectivity index (χ1v) is 8.21. The molecule has 4 nitrogen and oxygen atoms in total. The van der Waals surface area contributed by atoms with Gasteiger partial charge in [0.1, 0.15) is 5.75 Å². The number of rotatable bonds is 4. The van der Waals surface area contributed by atoms with E-state index in [0.29, 0.717) is 12.1 Å². The summed E-state index contributed by atoms with van der Waals surface area (Å²) in [6.07, 6.45) is 0.643. The van der Waals surface area contributed by atoms with E-state index in [1.54, 1.807) is 12.1 Å². The van der Waals surface area contributed by atoms with Crippen LogP contribution in [0.5, 0.6) is 5.75 Å². The van der Waals surface area contributed by atoms with Crippen molar-refractivity contribution < 1.29 is 14.7 Å². The van der Waals surface area contributed by atoms with Crippen molar-refractivity contribution in [2.45, 2.75) is 26.2 Å². The molecule has 124 valence electrons. The largest absolute Gasteiger partial charge is 0.508 e. The third-order valence-electron chi connectivity index (χ3n) is 4.84. The minimum absolute atomic E-state index is 0.111. The number of benzene rings is 2. The summed E-state index contributed by atoms with van der Waals surface area (Å²) < 4.78 is 0. The Hall–Kier alpha value is -2.62. The van der Waals surface area contributed by atoms with Crippen LogP contribution in [0.3, 0.4) is 0 Å². The van der Waals surface area contributed by atoms with E-state index >= 15 is 0 Å². The highest BCUT2D eigenvalue weighted by Crippen LogP contribution is 2.37. The summed E-state index contributed by atoms with van der Waals surface area (Å²) in [6.45, 7) is 3.91. The Kier molecular flexibility index (Phi) is 4.38. The molecule has 2 amide bonds. The van der Waals surface area contributed by atoms with Gasteiger partial charge in [0.15, 0.2) is 0 Å². The molecule has 0 spiro atoms. The third-order valence-corrected chi connectivity index (χ3v) is 4.84. The van der Waals surface area contributed by atoms with E-state index in [2.05, 4.69) is 6.92 Å². The van der Waals surface area contributed by atoms with Gasteiger partial charge in [0.25, 0.3) is 0 Å². The lowest BCUT2D eigenvalue weighted by Gasteiger charge is -2.18. The van der Waals surface area contributed by atoms with Gasteiger partial charge in [-0.15, -0.1) is 0 Å². The van der Waals surface area contributed by atoms with Crippen molar-refractivity contribution in [1.29, 1.82) is 0 Å². The van der Waals surface area contributed by atoms with Gasteiger partial charge >= 0.3 is 0 Å². The Morgan fingerprint density at radius 1 is 1.00 bits per heavy atom. The van der Waals surface area contributed by atoms with Crippen LogP contribution in [0.2, 0.25) is 0 Å². The van der Waals surface area contributed by atoms with Crippen molar-refractivity contribution in [1.82, 2.24) is 0 Å². The smallest absolute Gasteiger partial charge is 0.237 e. The molecule has 0 saturated carbocycles. The second-order valence-electron chi connectivity index (χ2n) is 6.47. The Morgan fingerprint density at radius 3 is 2.25 bits per heavy atom. The fraction of sp³-hybridized carbons (Fsp3) is 0.300. The molecule has 1 heterocycles. The highest BCUT2D eigenvalue weighted by Gasteiger charge is 2.46. The van der Waals surface area contributed by atoms with E-state index in [0.717, 1.165) is 0 Å². The summed E-state index contributed by atoms with van der Waals surface area (Å²) in [5.74, 6) is -0.661. The van der Waals surface area contributed by atoms with Crippen molar-refractivity contribution >= 4 is 17.5 Å². The van der Waals surface area contributed by atoms with Crippen molar-refractivity contribution in [3.05, 3.63) is 60.2 Å². The van der Waals surface area contributed by atoms with Gasteiger partial charge in [0.2, 0.25) is 11.8 Å². The fourth-order valence-electron chi connectivity index (χ4n) is 3.32. The van der Waals surface area contributed by atoms with Crippen molar-refractivity contribution in [2.75, 3.05) is 4.90 Å². The van der Waals surface area contributed by atoms with Gasteiger partial charge in [-0.05, 0) is 42.2 Å². The Bertz CT molecular complexity index is 739. The zero-order chi connectivity index (χ0) is 17.3. The molecule has 4 heteroatoms. The number of anilines is 1. The van der Waals surface area contributed by atoms with Crippen LogP contribution in [0.4, 0.5) is 5.69 Å². The molecular weight excluding hydrogens is 302 g/mol. The molecule has 0 aliphatic carbocycles. The highest BCUT2D eigenvalue weighted by atomic mass is 16.3. The predicted molar refractivity (Wildman–Crippen MR) is 92.7 cm³/mol. The van der Waals surface area contributed by atoms with E-state index in [9.17, 15) is 14.7 Å². The number of hydrogen-bond donors (Lipinski definition) is 1. The minimum Gasteiger partial charge on any atom is -0.508 e. The molecule has 24 heavy (non-hydrogen) atoms. The summed E-state index contributed by atoms with van der Waals surface area (Å²) in [5.41, 5.74) is 1.69. The monoisotopic (exact) mass is 323 g/mol. The molecule has 1 aliphatic heterocycles. The Balaban J connectivity index is 1.81. The van der Waals surface area contributed by atoms with E-state index < -0.39 is 0 Å². The van der Waals surface area contributed by atoms with Gasteiger partial charge in [-0.25, -0.2) is 0 Å². The number of hydrogen-bond acceptors (Lipinski definition) is 3. The van der Waals surface area contributed by atoms with Crippen LogP contribution in [0.15, 0.2) is 54.6 Å². The molecule has 0 aromatic heterocycles. The van der Waals surface area contributed by atoms with Crippen LogP contribution in [-0.2, 0) is 9.59 Å². The molecule has 0 bridgehead atoms. The average Bonchev–Trinajstić information content (AvgIpc) is 2.80. The van der Waals surface area contributed by atoms with Crippen molar-refractivity contribution in [2.24, 2.45) is 11.8 Å². The van der Waals surface area contributed by atoms with Gasteiger partial charge in [-0.1, -0.05) is 44.2 Å². The zero-order valence-corrected chi connectivity index (χ0v) is 13.8. The van der Waals surface area contributed by atoms with Crippen LogP contribution in [0.1, 0.15) is 31.7 Å². The zero-order valence-electron chi connectivity index (χ0n) is 13.8. The standard InChI is InChI=1S/C20H21NO3/c1-13(15-6-4-3-5-7-15)12-18-14(2)19(23)21(20(18)24)16-8-10-17(22)11-9-16/h3-11,13-14,18,22H,12H2,1-2H3. The number of phenolic OH excluding ortho intramolecular Hbond substituents is 1. The van der Waals surface area contributed by atoms with E-state index in [4.69, 9.17) is 0 Å².